The molecule has 0 aliphatic rings. The van der Waals surface area contributed by atoms with Gasteiger partial charge in [-0.3, -0.25) is 38.4 Å². The normalized spacial score (nSPS) is 11.0. The van der Waals surface area contributed by atoms with Crippen molar-refractivity contribution in [2.75, 3.05) is 65.6 Å². The molecule has 23 nitrogen and oxygen atoms in total. The van der Waals surface area contributed by atoms with Crippen molar-refractivity contribution in [1.82, 2.24) is 42.9 Å². The Hall–Kier alpha value is -8.60. The minimum Gasteiger partial charge on any atom is -0.356 e. The van der Waals surface area contributed by atoms with Crippen molar-refractivity contribution in [3.05, 3.63) is 108 Å². The van der Waals surface area contributed by atoms with Gasteiger partial charge in [-0.05, 0) is 69.5 Å². The van der Waals surface area contributed by atoms with Gasteiger partial charge in [-0.1, -0.05) is 0 Å². The number of nitrogens with zero attached hydrogens (tertiary/aromatic N) is 7. The molecule has 8 amide bonds. The fraction of sp³-hybridized carbons (Fsp3) is 0.304. The van der Waals surface area contributed by atoms with Crippen molar-refractivity contribution >= 4 is 81.5 Å². The van der Waals surface area contributed by atoms with Crippen LogP contribution in [0.5, 0.6) is 0 Å². The highest BCUT2D eigenvalue weighted by Gasteiger charge is 2.22. The Labute approximate surface area is 397 Å². The van der Waals surface area contributed by atoms with Gasteiger partial charge in [0.15, 0.2) is 0 Å². The number of hydrogen-bond acceptors (Lipinski definition) is 9. The zero-order chi connectivity index (χ0) is 50.3. The van der Waals surface area contributed by atoms with Crippen molar-refractivity contribution in [3.8, 4) is 0 Å². The lowest BCUT2D eigenvalue weighted by Crippen LogP contribution is -2.32. The molecule has 6 rings (SSSR count). The Morgan fingerprint density at radius 3 is 1.14 bits per heavy atom. The standard InChI is InChI=1S/C46H57N15O8/c1-27(62)49-39-12-11-33(61(39)9)42(65)50-29-18-35(57(5)23-29)44(67)52-31-20-37(59(7)25-31)46(69)54-32-21-38(60(8)26-32)45(68)53-30-19-36(58(6)24-30)43(66)51-28-17-34(56(4)22-28)41(64)48-15-13-40(63)47-14-10-16-55(2)3/h11-12,17-26H,10,13-16H2,1-9H3,(H,47,63)(H,48,64)(H,49,62)(H,50,65)(H,51,66)(H,52,67)(H,53,68)(H,54,69). The molecule has 6 aromatic heterocycles. The number of anilines is 6. The molecule has 8 N–H and O–H groups in total. The second kappa shape index (κ2) is 21.4. The van der Waals surface area contributed by atoms with Crippen LogP contribution in [0.2, 0.25) is 0 Å². The molecule has 0 aromatic carbocycles. The zero-order valence-corrected chi connectivity index (χ0v) is 39.9. The van der Waals surface area contributed by atoms with E-state index in [9.17, 15) is 38.4 Å². The summed E-state index contributed by atoms with van der Waals surface area (Å²) in [5, 5.41) is 22.1. The van der Waals surface area contributed by atoms with E-state index in [0.29, 0.717) is 40.8 Å². The number of aromatic nitrogens is 6. The van der Waals surface area contributed by atoms with Gasteiger partial charge in [0.1, 0.15) is 40.0 Å². The van der Waals surface area contributed by atoms with Crippen LogP contribution >= 0.6 is 0 Å². The van der Waals surface area contributed by atoms with E-state index < -0.39 is 35.4 Å². The third-order valence-electron chi connectivity index (χ3n) is 10.9. The third-order valence-corrected chi connectivity index (χ3v) is 10.9. The molecule has 23 heteroatoms. The summed E-state index contributed by atoms with van der Waals surface area (Å²) in [6.45, 7) is 2.91. The van der Waals surface area contributed by atoms with Crippen LogP contribution in [0.4, 0.5) is 34.3 Å². The third kappa shape index (κ3) is 12.4. The van der Waals surface area contributed by atoms with E-state index in [-0.39, 0.29) is 58.9 Å². The minimum atomic E-state index is -0.516. The average molecular weight is 948 g/mol. The molecule has 0 aliphatic heterocycles. The molecule has 0 bridgehead atoms. The van der Waals surface area contributed by atoms with Crippen LogP contribution in [0.25, 0.3) is 0 Å². The van der Waals surface area contributed by atoms with Gasteiger partial charge in [-0.15, -0.1) is 0 Å². The second-order valence-corrected chi connectivity index (χ2v) is 16.8. The summed E-state index contributed by atoms with van der Waals surface area (Å²) in [4.78, 5) is 105. The predicted octanol–water partition coefficient (Wildman–Crippen LogP) is 3.13. The Bertz CT molecular complexity index is 2950. The van der Waals surface area contributed by atoms with Gasteiger partial charge in [0.25, 0.3) is 35.4 Å². The number of amides is 8. The van der Waals surface area contributed by atoms with Gasteiger partial charge < -0.3 is 74.8 Å². The first kappa shape index (κ1) is 49.8. The number of carbonyl (C=O) groups is 8. The lowest BCUT2D eigenvalue weighted by atomic mass is 10.3. The van der Waals surface area contributed by atoms with E-state index in [4.69, 9.17) is 0 Å². The maximum atomic E-state index is 13.5. The molecule has 0 unspecified atom stereocenters. The van der Waals surface area contributed by atoms with Crippen LogP contribution in [0, 0.1) is 0 Å². The van der Waals surface area contributed by atoms with E-state index in [1.54, 1.807) is 94.5 Å². The molecule has 6 heterocycles. The zero-order valence-electron chi connectivity index (χ0n) is 39.9. The van der Waals surface area contributed by atoms with Crippen LogP contribution in [-0.4, -0.2) is 113 Å². The highest BCUT2D eigenvalue weighted by atomic mass is 16.2. The van der Waals surface area contributed by atoms with Crippen LogP contribution in [0.1, 0.15) is 82.7 Å². The number of nitrogens with one attached hydrogen (secondary N) is 8. The maximum Gasteiger partial charge on any atom is 0.272 e. The van der Waals surface area contributed by atoms with E-state index in [0.717, 1.165) is 13.0 Å². The SMILES string of the molecule is CC(=O)Nc1ccc(C(=O)Nc2cc(C(=O)Nc3cc(C(=O)Nc4cc(C(=O)Nc5cc(C(=O)Nc6cc(C(=O)NCCC(=O)NCCCN(C)C)n(C)c6)n(C)c5)n(C)c4)n(C)c3)n(C)c2)n1C. The van der Waals surface area contributed by atoms with Crippen LogP contribution in [0.3, 0.4) is 0 Å². The highest BCUT2D eigenvalue weighted by Crippen LogP contribution is 2.23. The molecular formula is C46H57N15O8. The number of rotatable bonds is 19. The summed E-state index contributed by atoms with van der Waals surface area (Å²) in [7, 11) is 13.8. The molecule has 0 atom stereocenters. The lowest BCUT2D eigenvalue weighted by Gasteiger charge is -2.10. The van der Waals surface area contributed by atoms with E-state index in [1.165, 1.54) is 55.5 Å². The van der Waals surface area contributed by atoms with Gasteiger partial charge in [0, 0.05) is 99.7 Å². The van der Waals surface area contributed by atoms with Gasteiger partial charge in [-0.25, -0.2) is 0 Å². The van der Waals surface area contributed by atoms with Crippen molar-refractivity contribution < 1.29 is 38.4 Å². The van der Waals surface area contributed by atoms with Crippen molar-refractivity contribution in [1.29, 1.82) is 0 Å². The van der Waals surface area contributed by atoms with Crippen LogP contribution in [0.15, 0.2) is 73.4 Å². The molecule has 6 aromatic rings. The quantitative estimate of drug-likeness (QED) is 0.0554. The Kier molecular flexibility index (Phi) is 15.4. The van der Waals surface area contributed by atoms with E-state index in [1.807, 2.05) is 19.0 Å². The number of carbonyl (C=O) groups excluding carboxylic acids is 8. The first-order valence-electron chi connectivity index (χ1n) is 21.7. The molecule has 0 fully saturated rings. The summed E-state index contributed by atoms with van der Waals surface area (Å²) < 4.78 is 9.24. The summed E-state index contributed by atoms with van der Waals surface area (Å²) in [6, 6.07) is 10.7. The van der Waals surface area contributed by atoms with Crippen molar-refractivity contribution in [2.24, 2.45) is 42.3 Å². The summed E-state index contributed by atoms with van der Waals surface area (Å²) in [6.07, 6.45) is 8.81. The summed E-state index contributed by atoms with van der Waals surface area (Å²) in [5.41, 5.74) is 3.12. The fourth-order valence-electron chi connectivity index (χ4n) is 7.41. The Morgan fingerprint density at radius 1 is 0.449 bits per heavy atom. The largest absolute Gasteiger partial charge is 0.356 e. The molecule has 0 saturated carbocycles. The van der Waals surface area contributed by atoms with Crippen LogP contribution < -0.4 is 42.5 Å². The summed E-state index contributed by atoms with van der Waals surface area (Å²) >= 11 is 0. The molecule has 0 saturated heterocycles. The predicted molar refractivity (Wildman–Crippen MR) is 260 cm³/mol. The van der Waals surface area contributed by atoms with E-state index in [2.05, 4.69) is 42.5 Å². The van der Waals surface area contributed by atoms with Gasteiger partial charge >= 0.3 is 0 Å². The van der Waals surface area contributed by atoms with Crippen molar-refractivity contribution in [2.45, 2.75) is 19.8 Å². The van der Waals surface area contributed by atoms with Crippen LogP contribution in [-0.2, 0) is 51.9 Å². The van der Waals surface area contributed by atoms with Gasteiger partial charge in [-0.2, -0.15) is 0 Å². The second-order valence-electron chi connectivity index (χ2n) is 16.8. The van der Waals surface area contributed by atoms with E-state index >= 15 is 0 Å². The molecule has 0 aliphatic carbocycles. The number of hydrogen-bond donors (Lipinski definition) is 8. The fourth-order valence-corrected chi connectivity index (χ4v) is 7.41. The van der Waals surface area contributed by atoms with Gasteiger partial charge in [0.2, 0.25) is 11.8 Å². The minimum absolute atomic E-state index is 0.127. The smallest absolute Gasteiger partial charge is 0.272 e. The topological polar surface area (TPSA) is 266 Å². The molecule has 69 heavy (non-hydrogen) atoms. The first-order chi connectivity index (χ1) is 32.7. The Balaban J connectivity index is 0.999. The highest BCUT2D eigenvalue weighted by molar-refractivity contribution is 6.10. The molecule has 0 radical (unpaired) electrons. The monoisotopic (exact) mass is 947 g/mol. The molecule has 0 spiro atoms. The summed E-state index contributed by atoms with van der Waals surface area (Å²) in [5.74, 6) is -2.86. The Morgan fingerprint density at radius 2 is 0.797 bits per heavy atom. The van der Waals surface area contributed by atoms with Crippen molar-refractivity contribution in [3.63, 3.8) is 0 Å². The maximum absolute atomic E-state index is 13.5. The molecule has 364 valence electrons. The average Bonchev–Trinajstić information content (AvgIpc) is 4.13. The number of aryl methyl sites for hydroxylation is 5. The van der Waals surface area contributed by atoms with Gasteiger partial charge in [0.05, 0.1) is 28.4 Å². The lowest BCUT2D eigenvalue weighted by molar-refractivity contribution is -0.121. The first-order valence-corrected chi connectivity index (χ1v) is 21.7. The molecular weight excluding hydrogens is 891 g/mol.